The fourth-order valence-electron chi connectivity index (χ4n) is 2.61. The van der Waals surface area contributed by atoms with E-state index in [0.717, 1.165) is 62.4 Å². The molecule has 1 atom stereocenters. The quantitative estimate of drug-likeness (QED) is 0.720. The fourth-order valence-corrected chi connectivity index (χ4v) is 3.22. The molecule has 0 bridgehead atoms. The number of rotatable bonds is 7. The maximum atomic E-state index is 6.08. The van der Waals surface area contributed by atoms with Gasteiger partial charge in [0, 0.05) is 56.9 Å². The molecule has 1 aromatic heterocycles. The van der Waals surface area contributed by atoms with Gasteiger partial charge in [-0.2, -0.15) is 0 Å². The molecule has 0 N–H and O–H groups in total. The van der Waals surface area contributed by atoms with Crippen LogP contribution in [0.15, 0.2) is 0 Å². The van der Waals surface area contributed by atoms with Crippen LogP contribution in [0.2, 0.25) is 4.34 Å². The Balaban J connectivity index is 1.83. The zero-order valence-electron chi connectivity index (χ0n) is 12.2. The van der Waals surface area contributed by atoms with Gasteiger partial charge >= 0.3 is 0 Å². The number of aromatic nitrogens is 2. The molecule has 1 unspecified atom stereocenters. The van der Waals surface area contributed by atoms with Crippen LogP contribution >= 0.6 is 23.1 Å². The lowest BCUT2D eigenvalue weighted by Crippen LogP contribution is -2.53. The van der Waals surface area contributed by atoms with Crippen molar-refractivity contribution in [3.05, 3.63) is 10.0 Å². The van der Waals surface area contributed by atoms with Gasteiger partial charge in [0.1, 0.15) is 10.0 Å². The highest BCUT2D eigenvalue weighted by molar-refractivity contribution is 7.10. The summed E-state index contributed by atoms with van der Waals surface area (Å²) < 4.78 is 10.1. The van der Waals surface area contributed by atoms with Crippen molar-refractivity contribution in [3.8, 4) is 0 Å². The summed E-state index contributed by atoms with van der Waals surface area (Å²) >= 11 is 7.35. The predicted octanol–water partition coefficient (Wildman–Crippen LogP) is 2.12. The van der Waals surface area contributed by atoms with E-state index in [-0.39, 0.29) is 0 Å². The molecule has 1 fully saturated rings. The SMILES string of the molecule is CCOCCN1CCN(Cc2nnsc2Cl)CC1CC. The average molecular weight is 319 g/mol. The van der Waals surface area contributed by atoms with Gasteiger partial charge in [0.05, 0.1) is 6.61 Å². The smallest absolute Gasteiger partial charge is 0.138 e. The summed E-state index contributed by atoms with van der Waals surface area (Å²) in [5.41, 5.74) is 0.911. The highest BCUT2D eigenvalue weighted by atomic mass is 35.5. The third-order valence-corrected chi connectivity index (χ3v) is 4.75. The Kier molecular flexibility index (Phi) is 6.64. The van der Waals surface area contributed by atoms with Crippen molar-refractivity contribution >= 4 is 23.1 Å². The number of hydrogen-bond acceptors (Lipinski definition) is 6. The summed E-state index contributed by atoms with van der Waals surface area (Å²) in [5, 5.41) is 4.10. The molecule has 0 aliphatic carbocycles. The van der Waals surface area contributed by atoms with Crippen molar-refractivity contribution in [1.82, 2.24) is 19.4 Å². The summed E-state index contributed by atoms with van der Waals surface area (Å²) in [6.07, 6.45) is 1.16. The third-order valence-electron chi connectivity index (χ3n) is 3.77. The number of nitrogens with zero attached hydrogens (tertiary/aromatic N) is 4. The average Bonchev–Trinajstić information content (AvgIpc) is 2.86. The van der Waals surface area contributed by atoms with Crippen LogP contribution in [0, 0.1) is 0 Å². The lowest BCUT2D eigenvalue weighted by molar-refractivity contribution is 0.0381. The van der Waals surface area contributed by atoms with Gasteiger partial charge in [0.2, 0.25) is 0 Å². The van der Waals surface area contributed by atoms with Crippen LogP contribution < -0.4 is 0 Å². The second kappa shape index (κ2) is 8.24. The van der Waals surface area contributed by atoms with E-state index in [9.17, 15) is 0 Å². The second-order valence-corrected chi connectivity index (χ2v) is 6.38. The molecule has 0 saturated carbocycles. The molecule has 1 saturated heterocycles. The van der Waals surface area contributed by atoms with Crippen LogP contribution in [-0.4, -0.2) is 64.8 Å². The summed E-state index contributed by atoms with van der Waals surface area (Å²) in [4.78, 5) is 4.96. The van der Waals surface area contributed by atoms with Gasteiger partial charge in [0.25, 0.3) is 0 Å². The van der Waals surface area contributed by atoms with Gasteiger partial charge in [-0.1, -0.05) is 23.0 Å². The largest absolute Gasteiger partial charge is 0.380 e. The molecule has 1 aromatic rings. The number of ether oxygens (including phenoxy) is 1. The molecule has 2 heterocycles. The first kappa shape index (κ1) is 16.1. The lowest BCUT2D eigenvalue weighted by Gasteiger charge is -2.41. The second-order valence-electron chi connectivity index (χ2n) is 5.02. The first-order valence-corrected chi connectivity index (χ1v) is 8.40. The van der Waals surface area contributed by atoms with Crippen LogP contribution in [0.3, 0.4) is 0 Å². The Morgan fingerprint density at radius 3 is 2.90 bits per heavy atom. The molecule has 20 heavy (non-hydrogen) atoms. The normalized spacial score (nSPS) is 21.4. The molecule has 5 nitrogen and oxygen atoms in total. The first-order chi connectivity index (χ1) is 9.74. The summed E-state index contributed by atoms with van der Waals surface area (Å²) in [6, 6.07) is 0.592. The Morgan fingerprint density at radius 2 is 2.25 bits per heavy atom. The highest BCUT2D eigenvalue weighted by Crippen LogP contribution is 2.21. The fraction of sp³-hybridized carbons (Fsp3) is 0.846. The van der Waals surface area contributed by atoms with Crippen LogP contribution in [0.1, 0.15) is 26.0 Å². The lowest BCUT2D eigenvalue weighted by atomic mass is 10.1. The molecule has 1 aliphatic heterocycles. The first-order valence-electron chi connectivity index (χ1n) is 7.25. The summed E-state index contributed by atoms with van der Waals surface area (Å²) in [6.45, 7) is 11.0. The van der Waals surface area contributed by atoms with Crippen LogP contribution in [-0.2, 0) is 11.3 Å². The molecule has 0 spiro atoms. The number of piperazine rings is 1. The number of hydrogen-bond donors (Lipinski definition) is 0. The van der Waals surface area contributed by atoms with Gasteiger partial charge in [-0.25, -0.2) is 0 Å². The van der Waals surface area contributed by atoms with Crippen molar-refractivity contribution in [2.45, 2.75) is 32.9 Å². The summed E-state index contributed by atoms with van der Waals surface area (Å²) in [7, 11) is 0. The van der Waals surface area contributed by atoms with Crippen molar-refractivity contribution in [2.75, 3.05) is 39.4 Å². The molecular formula is C13H23ClN4OS. The Labute approximate surface area is 130 Å². The van der Waals surface area contributed by atoms with E-state index in [1.165, 1.54) is 11.5 Å². The minimum Gasteiger partial charge on any atom is -0.380 e. The maximum absolute atomic E-state index is 6.08. The van der Waals surface area contributed by atoms with Crippen LogP contribution in [0.5, 0.6) is 0 Å². The summed E-state index contributed by atoms with van der Waals surface area (Å²) in [5.74, 6) is 0. The van der Waals surface area contributed by atoms with Crippen LogP contribution in [0.4, 0.5) is 0 Å². The molecule has 0 radical (unpaired) electrons. The van der Waals surface area contributed by atoms with Crippen molar-refractivity contribution in [3.63, 3.8) is 0 Å². The van der Waals surface area contributed by atoms with Gasteiger partial charge in [-0.3, -0.25) is 9.80 Å². The molecule has 2 rings (SSSR count). The van der Waals surface area contributed by atoms with Gasteiger partial charge < -0.3 is 4.74 Å². The van der Waals surface area contributed by atoms with E-state index in [1.807, 2.05) is 6.92 Å². The highest BCUT2D eigenvalue weighted by Gasteiger charge is 2.26. The van der Waals surface area contributed by atoms with Crippen molar-refractivity contribution < 1.29 is 4.74 Å². The van der Waals surface area contributed by atoms with Gasteiger partial charge in [0.15, 0.2) is 0 Å². The van der Waals surface area contributed by atoms with E-state index >= 15 is 0 Å². The minimum absolute atomic E-state index is 0.592. The van der Waals surface area contributed by atoms with Crippen molar-refractivity contribution in [1.29, 1.82) is 0 Å². The topological polar surface area (TPSA) is 41.5 Å². The van der Waals surface area contributed by atoms with Gasteiger partial charge in [-0.15, -0.1) is 5.10 Å². The molecular weight excluding hydrogens is 296 g/mol. The third kappa shape index (κ3) is 4.36. The zero-order chi connectivity index (χ0) is 14.4. The monoisotopic (exact) mass is 318 g/mol. The molecule has 0 aromatic carbocycles. The zero-order valence-corrected chi connectivity index (χ0v) is 13.8. The van der Waals surface area contributed by atoms with Crippen molar-refractivity contribution in [2.24, 2.45) is 0 Å². The molecule has 114 valence electrons. The van der Waals surface area contributed by atoms with E-state index in [2.05, 4.69) is 26.3 Å². The van der Waals surface area contributed by atoms with Crippen LogP contribution in [0.25, 0.3) is 0 Å². The Morgan fingerprint density at radius 1 is 1.40 bits per heavy atom. The van der Waals surface area contributed by atoms with E-state index in [4.69, 9.17) is 16.3 Å². The Bertz CT molecular complexity index is 403. The van der Waals surface area contributed by atoms with Gasteiger partial charge in [-0.05, 0) is 13.3 Å². The predicted molar refractivity (Wildman–Crippen MR) is 82.3 cm³/mol. The minimum atomic E-state index is 0.592. The Hall–Kier alpha value is -0.270. The maximum Gasteiger partial charge on any atom is 0.138 e. The molecule has 0 amide bonds. The van der Waals surface area contributed by atoms with E-state index in [1.54, 1.807) is 0 Å². The number of halogens is 1. The standard InChI is InChI=1S/C13H23ClN4OS/c1-3-11-9-17(10-12-13(14)20-16-15-12)5-6-18(11)7-8-19-4-2/h11H,3-10H2,1-2H3. The molecule has 1 aliphatic rings. The van der Waals surface area contributed by atoms with E-state index < -0.39 is 0 Å². The van der Waals surface area contributed by atoms with E-state index in [0.29, 0.717) is 6.04 Å². The molecule has 7 heteroatoms.